The molecule has 4 aromatic rings. The topological polar surface area (TPSA) is 144 Å². The average Bonchev–Trinajstić information content (AvgIpc) is 3.75. The Kier molecular flexibility index (Phi) is 9.98. The Hall–Kier alpha value is -4.38. The van der Waals surface area contributed by atoms with Crippen molar-refractivity contribution in [2.75, 3.05) is 19.8 Å². The molecule has 0 aliphatic carbocycles. The fourth-order valence-corrected chi connectivity index (χ4v) is 5.24. The highest BCUT2D eigenvalue weighted by Crippen LogP contribution is 2.40. The summed E-state index contributed by atoms with van der Waals surface area (Å²) >= 11 is 1.73. The van der Waals surface area contributed by atoms with E-state index in [1.54, 1.807) is 11.3 Å². The highest BCUT2D eigenvalue weighted by atomic mass is 32.1. The number of carboxylic acid groups (broad SMARTS) is 2. The largest absolute Gasteiger partial charge is 0.493 e. The molecular formula is C27H23F6N3O7S. The van der Waals surface area contributed by atoms with E-state index in [0.29, 0.717) is 13.2 Å². The Morgan fingerprint density at radius 2 is 1.68 bits per heavy atom. The molecule has 10 nitrogen and oxygen atoms in total. The summed E-state index contributed by atoms with van der Waals surface area (Å²) < 4.78 is 82.5. The quantitative estimate of drug-likeness (QED) is 0.233. The third kappa shape index (κ3) is 8.37. The number of carbonyl (C=O) groups is 2. The maximum Gasteiger partial charge on any atom is 0.490 e. The number of thiazole rings is 1. The van der Waals surface area contributed by atoms with Crippen molar-refractivity contribution in [2.45, 2.75) is 37.2 Å². The summed E-state index contributed by atoms with van der Waals surface area (Å²) in [7, 11) is 0. The lowest BCUT2D eigenvalue weighted by atomic mass is 9.97. The van der Waals surface area contributed by atoms with E-state index >= 15 is 0 Å². The Balaban J connectivity index is 0.000000265. The van der Waals surface area contributed by atoms with Crippen LogP contribution in [0.25, 0.3) is 21.3 Å². The number of alkyl halides is 6. The van der Waals surface area contributed by atoms with Gasteiger partial charge in [0.1, 0.15) is 28.1 Å². The molecule has 0 bridgehead atoms. The van der Waals surface area contributed by atoms with Crippen molar-refractivity contribution in [1.29, 1.82) is 0 Å². The van der Waals surface area contributed by atoms with Crippen LogP contribution in [-0.2, 0) is 20.7 Å². The molecule has 2 aliphatic heterocycles. The monoisotopic (exact) mass is 647 g/mol. The summed E-state index contributed by atoms with van der Waals surface area (Å²) in [5, 5.41) is 22.3. The zero-order valence-corrected chi connectivity index (χ0v) is 23.1. The van der Waals surface area contributed by atoms with E-state index in [9.17, 15) is 26.3 Å². The predicted molar refractivity (Wildman–Crippen MR) is 143 cm³/mol. The van der Waals surface area contributed by atoms with Gasteiger partial charge < -0.3 is 24.4 Å². The van der Waals surface area contributed by atoms with Gasteiger partial charge in [-0.1, -0.05) is 18.2 Å². The second-order valence-corrected chi connectivity index (χ2v) is 10.5. The fourth-order valence-electron chi connectivity index (χ4n) is 4.13. The van der Waals surface area contributed by atoms with Crippen molar-refractivity contribution >= 4 is 33.5 Å². The normalized spacial score (nSPS) is 17.8. The first-order valence-electron chi connectivity index (χ1n) is 12.7. The first-order chi connectivity index (χ1) is 20.7. The number of nitrogens with one attached hydrogen (secondary N) is 1. The number of para-hydroxylation sites is 1. The van der Waals surface area contributed by atoms with Gasteiger partial charge in [0.15, 0.2) is 0 Å². The number of halogens is 6. The molecule has 6 rings (SSSR count). The van der Waals surface area contributed by atoms with Gasteiger partial charge in [-0.3, -0.25) is 5.10 Å². The van der Waals surface area contributed by atoms with Crippen molar-refractivity contribution in [3.05, 3.63) is 59.4 Å². The van der Waals surface area contributed by atoms with Gasteiger partial charge in [-0.15, -0.1) is 11.3 Å². The standard InChI is InChI=1S/C23H21N3O3S.2C2HF3O2/c1-2-4-19-14(3-1)7-16(12-28-19)23-26-22-20(29-18-5-6-27-13-18)8-15(9-21(22)30-23)17-10-24-25-11-17;2*3-2(4,5)1(6)7/h1-4,8-11,16,18H,5-7,12-13H2,(H,24,25);2*(H,6,7). The van der Waals surface area contributed by atoms with Crippen molar-refractivity contribution in [1.82, 2.24) is 15.2 Å². The number of hydrogen-bond acceptors (Lipinski definition) is 8. The molecule has 2 unspecified atom stereocenters. The lowest BCUT2D eigenvalue weighted by Crippen LogP contribution is -2.21. The van der Waals surface area contributed by atoms with Crippen LogP contribution in [0.4, 0.5) is 26.3 Å². The first-order valence-corrected chi connectivity index (χ1v) is 13.5. The van der Waals surface area contributed by atoms with Gasteiger partial charge in [0.2, 0.25) is 0 Å². The van der Waals surface area contributed by atoms with Gasteiger partial charge in [0.05, 0.1) is 30.7 Å². The number of aromatic amines is 1. The lowest BCUT2D eigenvalue weighted by molar-refractivity contribution is -0.193. The summed E-state index contributed by atoms with van der Waals surface area (Å²) in [6.45, 7) is 2.02. The minimum Gasteiger partial charge on any atom is -0.493 e. The molecule has 2 aromatic carbocycles. The first kappa shape index (κ1) is 32.5. The van der Waals surface area contributed by atoms with E-state index in [1.807, 2.05) is 24.5 Å². The molecule has 0 saturated carbocycles. The van der Waals surface area contributed by atoms with Crippen molar-refractivity contribution < 1.29 is 60.4 Å². The Morgan fingerprint density at radius 1 is 1.00 bits per heavy atom. The van der Waals surface area contributed by atoms with Crippen molar-refractivity contribution in [3.8, 4) is 22.6 Å². The number of rotatable bonds is 4. The lowest BCUT2D eigenvalue weighted by Gasteiger charge is -2.23. The zero-order chi connectivity index (χ0) is 32.1. The average molecular weight is 648 g/mol. The van der Waals surface area contributed by atoms with Crippen LogP contribution < -0.4 is 9.47 Å². The van der Waals surface area contributed by atoms with Crippen LogP contribution in [0.2, 0.25) is 0 Å². The highest BCUT2D eigenvalue weighted by Gasteiger charge is 2.39. The van der Waals surface area contributed by atoms with Gasteiger partial charge in [-0.25, -0.2) is 14.6 Å². The number of carboxylic acids is 2. The molecular weight excluding hydrogens is 624 g/mol. The van der Waals surface area contributed by atoms with Crippen molar-refractivity contribution in [2.24, 2.45) is 0 Å². The minimum atomic E-state index is -5.08. The molecule has 1 saturated heterocycles. The van der Waals surface area contributed by atoms with Crippen LogP contribution >= 0.6 is 11.3 Å². The number of benzene rings is 2. The van der Waals surface area contributed by atoms with E-state index in [0.717, 1.165) is 57.3 Å². The van der Waals surface area contributed by atoms with E-state index in [4.69, 9.17) is 39.0 Å². The van der Waals surface area contributed by atoms with Crippen LogP contribution in [0.3, 0.4) is 0 Å². The number of fused-ring (bicyclic) bond motifs is 2. The van der Waals surface area contributed by atoms with Crippen LogP contribution in [0, 0.1) is 0 Å². The molecule has 1 fully saturated rings. The molecule has 0 spiro atoms. The number of aromatic nitrogens is 3. The molecule has 3 N–H and O–H groups in total. The molecule has 4 heterocycles. The second kappa shape index (κ2) is 13.5. The van der Waals surface area contributed by atoms with Crippen molar-refractivity contribution in [3.63, 3.8) is 0 Å². The van der Waals surface area contributed by atoms with E-state index in [1.165, 1.54) is 5.56 Å². The summed E-state index contributed by atoms with van der Waals surface area (Å²) in [5.41, 5.74) is 4.28. The third-order valence-electron chi connectivity index (χ3n) is 6.20. The minimum absolute atomic E-state index is 0.0721. The SMILES string of the molecule is O=C(O)C(F)(F)F.O=C(O)C(F)(F)F.c1ccc2c(c1)CC(c1nc3c(OC4CCOC4)cc(-c4cn[nH]c4)cc3s1)CO2. The summed E-state index contributed by atoms with van der Waals surface area (Å²) in [6.07, 6.45) is -4.52. The Labute approximate surface area is 248 Å². The van der Waals surface area contributed by atoms with Gasteiger partial charge in [-0.2, -0.15) is 31.4 Å². The van der Waals surface area contributed by atoms with Crippen LogP contribution in [0.5, 0.6) is 11.5 Å². The predicted octanol–water partition coefficient (Wildman–Crippen LogP) is 5.84. The van der Waals surface area contributed by atoms with Crippen LogP contribution in [0.1, 0.15) is 22.9 Å². The highest BCUT2D eigenvalue weighted by molar-refractivity contribution is 7.18. The zero-order valence-electron chi connectivity index (χ0n) is 22.3. The van der Waals surface area contributed by atoms with Crippen LogP contribution in [0.15, 0.2) is 48.8 Å². The number of H-pyrrole nitrogens is 1. The van der Waals surface area contributed by atoms with Crippen LogP contribution in [-0.4, -0.2) is 75.6 Å². The maximum atomic E-state index is 10.6. The van der Waals surface area contributed by atoms with E-state index < -0.39 is 24.3 Å². The van der Waals surface area contributed by atoms with Gasteiger partial charge in [-0.05, 0) is 35.7 Å². The smallest absolute Gasteiger partial charge is 0.490 e. The third-order valence-corrected chi connectivity index (χ3v) is 7.37. The molecule has 236 valence electrons. The molecule has 0 amide bonds. The molecule has 2 aromatic heterocycles. The number of ether oxygens (including phenoxy) is 3. The van der Waals surface area contributed by atoms with Gasteiger partial charge >= 0.3 is 24.3 Å². The number of nitrogens with zero attached hydrogens (tertiary/aromatic N) is 2. The Morgan fingerprint density at radius 3 is 2.27 bits per heavy atom. The molecule has 17 heteroatoms. The second-order valence-electron chi connectivity index (χ2n) is 9.39. The molecule has 44 heavy (non-hydrogen) atoms. The summed E-state index contributed by atoms with van der Waals surface area (Å²) in [6, 6.07) is 12.5. The van der Waals surface area contributed by atoms with Gasteiger partial charge in [0, 0.05) is 24.1 Å². The molecule has 2 atom stereocenters. The van der Waals surface area contributed by atoms with E-state index in [-0.39, 0.29) is 12.0 Å². The van der Waals surface area contributed by atoms with E-state index in [2.05, 4.69) is 34.5 Å². The molecule has 0 radical (unpaired) electrons. The summed E-state index contributed by atoms with van der Waals surface area (Å²) in [5.74, 6) is -3.46. The van der Waals surface area contributed by atoms with Gasteiger partial charge in [0.25, 0.3) is 0 Å². The number of aliphatic carboxylic acids is 2. The number of hydrogen-bond donors (Lipinski definition) is 3. The fraction of sp³-hybridized carbons (Fsp3) is 0.333. The maximum absolute atomic E-state index is 10.6. The summed E-state index contributed by atoms with van der Waals surface area (Å²) in [4.78, 5) is 22.8. The Bertz CT molecular complexity index is 1560. The molecule has 2 aliphatic rings.